The lowest BCUT2D eigenvalue weighted by Gasteiger charge is -2.45. The lowest BCUT2D eigenvalue weighted by Crippen LogP contribution is -2.51. The van der Waals surface area contributed by atoms with Crippen LogP contribution in [-0.2, 0) is 28.5 Å². The third-order valence-electron chi connectivity index (χ3n) is 6.74. The number of carbonyl (C=O) groups is 2. The predicted molar refractivity (Wildman–Crippen MR) is 123 cm³/mol. The summed E-state index contributed by atoms with van der Waals surface area (Å²) in [7, 11) is 4.17. The summed E-state index contributed by atoms with van der Waals surface area (Å²) in [5.41, 5.74) is 0.457. The van der Waals surface area contributed by atoms with E-state index < -0.39 is 12.1 Å². The van der Waals surface area contributed by atoms with Crippen molar-refractivity contribution < 1.29 is 28.5 Å². The number of hydrogen-bond donors (Lipinski definition) is 0. The zero-order valence-electron chi connectivity index (χ0n) is 21.5. The molecule has 184 valence electrons. The minimum atomic E-state index is -1.04. The molecule has 7 nitrogen and oxygen atoms in total. The molecule has 0 aromatic heterocycles. The molecule has 7 heteroatoms. The largest absolute Gasteiger partial charge is 0.456 e. The van der Waals surface area contributed by atoms with Crippen molar-refractivity contribution in [1.82, 2.24) is 4.90 Å². The third kappa shape index (κ3) is 6.33. The Hall–Kier alpha value is -1.44. The van der Waals surface area contributed by atoms with Gasteiger partial charge >= 0.3 is 5.97 Å². The lowest BCUT2D eigenvalue weighted by atomic mass is 9.84. The fraction of sp³-hybridized carbons (Fsp3) is 0.840. The van der Waals surface area contributed by atoms with Crippen molar-refractivity contribution in [2.24, 2.45) is 23.7 Å². The molecule has 0 bridgehead atoms. The van der Waals surface area contributed by atoms with E-state index in [9.17, 15) is 9.59 Å². The quantitative estimate of drug-likeness (QED) is 0.383. The van der Waals surface area contributed by atoms with E-state index >= 15 is 0 Å². The summed E-state index contributed by atoms with van der Waals surface area (Å²) in [4.78, 5) is 26.0. The average molecular weight is 454 g/mol. The minimum Gasteiger partial charge on any atom is -0.456 e. The average Bonchev–Trinajstić information content (AvgIpc) is 2.69. The Labute approximate surface area is 193 Å². The number of aldehydes is 1. The van der Waals surface area contributed by atoms with Crippen molar-refractivity contribution in [1.29, 1.82) is 0 Å². The van der Waals surface area contributed by atoms with Crippen LogP contribution in [0.1, 0.15) is 68.2 Å². The van der Waals surface area contributed by atoms with E-state index in [-0.39, 0.29) is 41.8 Å². The molecule has 0 radical (unpaired) electrons. The first-order valence-electron chi connectivity index (χ1n) is 11.8. The van der Waals surface area contributed by atoms with Crippen LogP contribution in [0.3, 0.4) is 0 Å². The Bertz CT molecular complexity index is 703. The first kappa shape index (κ1) is 26.8. The highest BCUT2D eigenvalue weighted by Gasteiger charge is 2.43. The predicted octanol–water partition coefficient (Wildman–Crippen LogP) is 4.15. The molecule has 1 saturated heterocycles. The van der Waals surface area contributed by atoms with E-state index in [0.29, 0.717) is 23.8 Å². The Morgan fingerprint density at radius 1 is 1.19 bits per heavy atom. The maximum atomic E-state index is 12.5. The smallest absolute Gasteiger partial charge is 0.340 e. The maximum absolute atomic E-state index is 12.5. The summed E-state index contributed by atoms with van der Waals surface area (Å²) in [5, 5.41) is 0. The number of cyclic esters (lactones) is 1. The van der Waals surface area contributed by atoms with Crippen LogP contribution in [0.4, 0.5) is 0 Å². The Morgan fingerprint density at radius 3 is 2.38 bits per heavy atom. The summed E-state index contributed by atoms with van der Waals surface area (Å²) >= 11 is 0. The fourth-order valence-electron chi connectivity index (χ4n) is 5.00. The summed E-state index contributed by atoms with van der Waals surface area (Å²) in [6, 6.07) is 0.338. The molecular weight excluding hydrogens is 410 g/mol. The van der Waals surface area contributed by atoms with Gasteiger partial charge in [0.05, 0.1) is 17.8 Å². The van der Waals surface area contributed by atoms with Crippen molar-refractivity contribution in [3.05, 3.63) is 11.3 Å². The van der Waals surface area contributed by atoms with Crippen LogP contribution in [0, 0.1) is 23.7 Å². The molecule has 0 aliphatic carbocycles. The highest BCUT2D eigenvalue weighted by atomic mass is 16.7. The van der Waals surface area contributed by atoms with Gasteiger partial charge in [0.15, 0.2) is 6.29 Å². The summed E-state index contributed by atoms with van der Waals surface area (Å²) in [6.07, 6.45) is 1.97. The molecule has 0 amide bonds. The zero-order chi connectivity index (χ0) is 24.4. The second kappa shape index (κ2) is 10.7. The number of carbonyl (C=O) groups excluding carboxylic acids is 2. The van der Waals surface area contributed by atoms with Crippen LogP contribution < -0.4 is 0 Å². The van der Waals surface area contributed by atoms with Crippen LogP contribution in [0.25, 0.3) is 0 Å². The highest BCUT2D eigenvalue weighted by Crippen LogP contribution is 2.38. The molecule has 2 heterocycles. The summed E-state index contributed by atoms with van der Waals surface area (Å²) < 4.78 is 24.4. The third-order valence-corrected chi connectivity index (χ3v) is 6.74. The monoisotopic (exact) mass is 453 g/mol. The van der Waals surface area contributed by atoms with Gasteiger partial charge in [-0.05, 0) is 46.7 Å². The van der Waals surface area contributed by atoms with Crippen LogP contribution in [0.15, 0.2) is 11.3 Å². The van der Waals surface area contributed by atoms with E-state index in [1.54, 1.807) is 20.8 Å². The van der Waals surface area contributed by atoms with Gasteiger partial charge in [0.2, 0.25) is 5.79 Å². The van der Waals surface area contributed by atoms with Gasteiger partial charge in [0.1, 0.15) is 12.0 Å². The van der Waals surface area contributed by atoms with E-state index in [1.807, 2.05) is 13.8 Å². The van der Waals surface area contributed by atoms with Gasteiger partial charge in [-0.2, -0.15) is 0 Å². The van der Waals surface area contributed by atoms with Crippen molar-refractivity contribution in [2.75, 3.05) is 14.1 Å². The molecule has 2 aliphatic rings. The Morgan fingerprint density at radius 2 is 1.81 bits per heavy atom. The summed E-state index contributed by atoms with van der Waals surface area (Å²) in [6.45, 7) is 15.4. The Kier molecular flexibility index (Phi) is 8.93. The number of hydrogen-bond acceptors (Lipinski definition) is 7. The molecule has 8 atom stereocenters. The first-order chi connectivity index (χ1) is 14.8. The number of rotatable bonds is 9. The van der Waals surface area contributed by atoms with Gasteiger partial charge < -0.3 is 28.6 Å². The number of ether oxygens (including phenoxy) is 4. The molecule has 0 spiro atoms. The molecule has 0 aromatic rings. The molecule has 1 fully saturated rings. The molecule has 0 aromatic carbocycles. The summed E-state index contributed by atoms with van der Waals surface area (Å²) in [5.74, 6) is -0.936. The van der Waals surface area contributed by atoms with Crippen molar-refractivity contribution >= 4 is 12.3 Å². The second-order valence-corrected chi connectivity index (χ2v) is 10.5. The lowest BCUT2D eigenvalue weighted by molar-refractivity contribution is -0.263. The SMILES string of the molecule is CC1=C([C@H](C)[C@@H](O[C@@H]2O[C@H](C)CC(N(C)C)[C@H]2C)[C@@H](C)C[C@@H](C)C=O)OC(C)(C)OC1=O. The van der Waals surface area contributed by atoms with E-state index in [2.05, 4.69) is 39.8 Å². The van der Waals surface area contributed by atoms with E-state index in [1.165, 1.54) is 0 Å². The van der Waals surface area contributed by atoms with Gasteiger partial charge in [-0.15, -0.1) is 0 Å². The number of esters is 1. The normalized spacial score (nSPS) is 32.0. The van der Waals surface area contributed by atoms with Crippen molar-refractivity contribution in [3.63, 3.8) is 0 Å². The van der Waals surface area contributed by atoms with Crippen LogP contribution in [0.2, 0.25) is 0 Å². The first-order valence-corrected chi connectivity index (χ1v) is 11.8. The Balaban J connectivity index is 2.36. The van der Waals surface area contributed by atoms with Gasteiger partial charge in [-0.3, -0.25) is 0 Å². The molecule has 2 aliphatic heterocycles. The molecule has 32 heavy (non-hydrogen) atoms. The molecule has 0 N–H and O–H groups in total. The van der Waals surface area contributed by atoms with Gasteiger partial charge in [0, 0.05) is 37.6 Å². The van der Waals surface area contributed by atoms with Crippen molar-refractivity contribution in [2.45, 2.75) is 98.6 Å². The van der Waals surface area contributed by atoms with E-state index in [0.717, 1.165) is 12.7 Å². The molecule has 0 saturated carbocycles. The maximum Gasteiger partial charge on any atom is 0.340 e. The second-order valence-electron chi connectivity index (χ2n) is 10.5. The minimum absolute atomic E-state index is 0.0426. The number of nitrogens with zero attached hydrogens (tertiary/aromatic N) is 1. The topological polar surface area (TPSA) is 74.3 Å². The van der Waals surface area contributed by atoms with Crippen LogP contribution in [0.5, 0.6) is 0 Å². The van der Waals surface area contributed by atoms with E-state index in [4.69, 9.17) is 18.9 Å². The van der Waals surface area contributed by atoms with Crippen LogP contribution in [-0.4, -0.2) is 61.6 Å². The highest BCUT2D eigenvalue weighted by molar-refractivity contribution is 5.89. The molecule has 1 unspecified atom stereocenters. The zero-order valence-corrected chi connectivity index (χ0v) is 21.5. The van der Waals surface area contributed by atoms with Gasteiger partial charge in [0.25, 0.3) is 0 Å². The standard InChI is InChI=1S/C25H43NO6/c1-14(13-27)11-15(2)21(18(5)22-19(6)23(28)32-25(7,8)31-22)30-24-17(4)20(26(9)10)12-16(3)29-24/h13-18,20-21,24H,11-12H2,1-10H3/t14-,15+,16-,17-,18-,20?,21+,24+/m1/s1. The molecular formula is C25H43NO6. The van der Waals surface area contributed by atoms with Crippen LogP contribution >= 0.6 is 0 Å². The van der Waals surface area contributed by atoms with Gasteiger partial charge in [-0.25, -0.2) is 4.79 Å². The van der Waals surface area contributed by atoms with Gasteiger partial charge in [-0.1, -0.05) is 27.7 Å². The fourth-order valence-corrected chi connectivity index (χ4v) is 5.00. The van der Waals surface area contributed by atoms with Crippen molar-refractivity contribution in [3.8, 4) is 0 Å². The molecule has 2 rings (SSSR count).